The first-order valence-electron chi connectivity index (χ1n) is 9.21. The highest BCUT2D eigenvalue weighted by atomic mass is 32.2. The maximum atomic E-state index is 12.7. The van der Waals surface area contributed by atoms with Crippen LogP contribution in [0, 0.1) is 13.8 Å². The van der Waals surface area contributed by atoms with E-state index in [1.54, 1.807) is 0 Å². The lowest BCUT2D eigenvalue weighted by atomic mass is 10.1. The van der Waals surface area contributed by atoms with Gasteiger partial charge in [-0.3, -0.25) is 9.10 Å². The topological polar surface area (TPSA) is 57.7 Å². The molecule has 6 heteroatoms. The van der Waals surface area contributed by atoms with Crippen molar-refractivity contribution in [1.82, 2.24) is 0 Å². The zero-order chi connectivity index (χ0) is 19.6. The van der Waals surface area contributed by atoms with Gasteiger partial charge >= 0.3 is 0 Å². The maximum absolute atomic E-state index is 12.7. The van der Waals surface area contributed by atoms with Crippen LogP contribution in [-0.2, 0) is 21.2 Å². The smallest absolute Gasteiger partial charge is 0.232 e. The molecule has 0 radical (unpaired) electrons. The molecule has 1 aliphatic heterocycles. The Morgan fingerprint density at radius 3 is 2.59 bits per heavy atom. The largest absolute Gasteiger partial charge is 0.312 e. The van der Waals surface area contributed by atoms with Crippen molar-refractivity contribution in [3.8, 4) is 0 Å². The monoisotopic (exact) mass is 386 g/mol. The van der Waals surface area contributed by atoms with E-state index in [-0.39, 0.29) is 5.91 Å². The summed E-state index contributed by atoms with van der Waals surface area (Å²) in [4.78, 5) is 14.5. The summed E-state index contributed by atoms with van der Waals surface area (Å²) in [5, 5.41) is 0. The Morgan fingerprint density at radius 2 is 1.85 bits per heavy atom. The second kappa shape index (κ2) is 7.72. The lowest BCUT2D eigenvalue weighted by Gasteiger charge is -2.25. The fraction of sp³-hybridized carbons (Fsp3) is 0.381. The molecule has 2 aromatic carbocycles. The number of sulfonamides is 1. The summed E-state index contributed by atoms with van der Waals surface area (Å²) in [6.45, 7) is 4.89. The predicted molar refractivity (Wildman–Crippen MR) is 110 cm³/mol. The Balaban J connectivity index is 1.69. The molecule has 5 nitrogen and oxygen atoms in total. The quantitative estimate of drug-likeness (QED) is 0.764. The average Bonchev–Trinajstić information content (AvgIpc) is 3.04. The number of hydrogen-bond donors (Lipinski definition) is 0. The third-order valence-corrected chi connectivity index (χ3v) is 6.37. The third kappa shape index (κ3) is 4.16. The summed E-state index contributed by atoms with van der Waals surface area (Å²) < 4.78 is 26.1. The van der Waals surface area contributed by atoms with Crippen LogP contribution in [0.25, 0.3) is 0 Å². The standard InChI is InChI=1S/C21H26N2O3S/c1-16-8-6-11-19(17(16)2)23(27(3,25)26)14-7-12-21(24)22-15-13-18-9-4-5-10-20(18)22/h4-6,8-11H,7,12-15H2,1-3H3. The van der Waals surface area contributed by atoms with Gasteiger partial charge in [0.2, 0.25) is 15.9 Å². The van der Waals surface area contributed by atoms with Crippen LogP contribution in [0.15, 0.2) is 42.5 Å². The molecular weight excluding hydrogens is 360 g/mol. The molecular formula is C21H26N2O3S. The van der Waals surface area contributed by atoms with Crippen LogP contribution in [0.1, 0.15) is 29.5 Å². The van der Waals surface area contributed by atoms with Crippen molar-refractivity contribution in [2.24, 2.45) is 0 Å². The molecule has 0 N–H and O–H groups in total. The number of hydrogen-bond acceptors (Lipinski definition) is 3. The van der Waals surface area contributed by atoms with Crippen LogP contribution < -0.4 is 9.21 Å². The van der Waals surface area contributed by atoms with E-state index in [4.69, 9.17) is 0 Å². The molecule has 27 heavy (non-hydrogen) atoms. The minimum Gasteiger partial charge on any atom is -0.312 e. The highest BCUT2D eigenvalue weighted by Gasteiger charge is 2.25. The zero-order valence-corrected chi connectivity index (χ0v) is 16.9. The molecule has 0 aliphatic carbocycles. The molecule has 1 heterocycles. The molecule has 3 rings (SSSR count). The molecule has 0 unspecified atom stereocenters. The minimum atomic E-state index is -3.41. The molecule has 0 bridgehead atoms. The van der Waals surface area contributed by atoms with Crippen LogP contribution >= 0.6 is 0 Å². The van der Waals surface area contributed by atoms with Gasteiger partial charge in [-0.2, -0.15) is 0 Å². The number of anilines is 2. The van der Waals surface area contributed by atoms with Crippen molar-refractivity contribution < 1.29 is 13.2 Å². The molecule has 0 atom stereocenters. The van der Waals surface area contributed by atoms with E-state index >= 15 is 0 Å². The fourth-order valence-corrected chi connectivity index (χ4v) is 4.59. The van der Waals surface area contributed by atoms with E-state index in [1.165, 1.54) is 16.1 Å². The predicted octanol–water partition coefficient (Wildman–Crippen LogP) is 3.44. The molecule has 0 saturated carbocycles. The lowest BCUT2D eigenvalue weighted by Crippen LogP contribution is -2.33. The molecule has 1 amide bonds. The van der Waals surface area contributed by atoms with Gasteiger partial charge in [0.15, 0.2) is 0 Å². The number of fused-ring (bicyclic) bond motifs is 1. The number of aryl methyl sites for hydroxylation is 1. The number of rotatable bonds is 6. The number of carbonyl (C=O) groups excluding carboxylic acids is 1. The Labute approximate surface area is 161 Å². The number of para-hydroxylation sites is 1. The Morgan fingerprint density at radius 1 is 1.11 bits per heavy atom. The van der Waals surface area contributed by atoms with Crippen molar-refractivity contribution in [3.05, 3.63) is 59.2 Å². The lowest BCUT2D eigenvalue weighted by molar-refractivity contribution is -0.118. The summed E-state index contributed by atoms with van der Waals surface area (Å²) in [5.41, 5.74) is 4.86. The maximum Gasteiger partial charge on any atom is 0.232 e. The molecule has 0 spiro atoms. The minimum absolute atomic E-state index is 0.0503. The van der Waals surface area contributed by atoms with E-state index < -0.39 is 10.0 Å². The second-order valence-corrected chi connectivity index (χ2v) is 8.99. The van der Waals surface area contributed by atoms with Gasteiger partial charge in [-0.1, -0.05) is 30.3 Å². The number of benzene rings is 2. The van der Waals surface area contributed by atoms with Gasteiger partial charge in [0.1, 0.15) is 0 Å². The van der Waals surface area contributed by atoms with E-state index in [9.17, 15) is 13.2 Å². The SMILES string of the molecule is Cc1cccc(N(CCCC(=O)N2CCc3ccccc32)S(C)(=O)=O)c1C. The van der Waals surface area contributed by atoms with Crippen LogP contribution in [0.5, 0.6) is 0 Å². The Kier molecular flexibility index (Phi) is 5.56. The molecule has 2 aromatic rings. The van der Waals surface area contributed by atoms with E-state index in [2.05, 4.69) is 6.07 Å². The number of carbonyl (C=O) groups is 1. The van der Waals surface area contributed by atoms with Gasteiger partial charge in [-0.05, 0) is 55.5 Å². The van der Waals surface area contributed by atoms with Crippen molar-refractivity contribution >= 4 is 27.3 Å². The van der Waals surface area contributed by atoms with Gasteiger partial charge in [0.25, 0.3) is 0 Å². The van der Waals surface area contributed by atoms with Crippen LogP contribution in [0.2, 0.25) is 0 Å². The highest BCUT2D eigenvalue weighted by molar-refractivity contribution is 7.92. The fourth-order valence-electron chi connectivity index (χ4n) is 3.58. The van der Waals surface area contributed by atoms with Gasteiger partial charge < -0.3 is 4.90 Å². The highest BCUT2D eigenvalue weighted by Crippen LogP contribution is 2.29. The second-order valence-electron chi connectivity index (χ2n) is 7.08. The molecule has 0 aromatic heterocycles. The Bertz CT molecular complexity index is 954. The van der Waals surface area contributed by atoms with Crippen molar-refractivity contribution in [1.29, 1.82) is 0 Å². The molecule has 0 saturated heterocycles. The first-order valence-corrected chi connectivity index (χ1v) is 11.1. The number of nitrogens with zero attached hydrogens (tertiary/aromatic N) is 2. The molecule has 1 aliphatic rings. The van der Waals surface area contributed by atoms with Crippen molar-refractivity contribution in [2.75, 3.05) is 28.6 Å². The zero-order valence-electron chi connectivity index (χ0n) is 16.1. The summed E-state index contributed by atoms with van der Waals surface area (Å²) in [5.74, 6) is 0.0503. The van der Waals surface area contributed by atoms with Crippen LogP contribution in [0.4, 0.5) is 11.4 Å². The van der Waals surface area contributed by atoms with Crippen molar-refractivity contribution in [2.45, 2.75) is 33.1 Å². The Hall–Kier alpha value is -2.34. The first-order chi connectivity index (χ1) is 12.8. The van der Waals surface area contributed by atoms with Gasteiger partial charge in [0.05, 0.1) is 11.9 Å². The van der Waals surface area contributed by atoms with E-state index in [0.29, 0.717) is 31.6 Å². The summed E-state index contributed by atoms with van der Waals surface area (Å²) >= 11 is 0. The van der Waals surface area contributed by atoms with Gasteiger partial charge in [-0.15, -0.1) is 0 Å². The number of amides is 1. The third-order valence-electron chi connectivity index (χ3n) is 5.19. The first kappa shape index (κ1) is 19.4. The molecule has 144 valence electrons. The average molecular weight is 387 g/mol. The van der Waals surface area contributed by atoms with E-state index in [0.717, 1.165) is 23.2 Å². The summed E-state index contributed by atoms with van der Waals surface area (Å²) in [6.07, 6.45) is 2.90. The van der Waals surface area contributed by atoms with Gasteiger partial charge in [-0.25, -0.2) is 8.42 Å². The van der Waals surface area contributed by atoms with Crippen molar-refractivity contribution in [3.63, 3.8) is 0 Å². The summed E-state index contributed by atoms with van der Waals surface area (Å²) in [6, 6.07) is 13.6. The van der Waals surface area contributed by atoms with Gasteiger partial charge in [0, 0.05) is 25.2 Å². The molecule has 0 fully saturated rings. The van der Waals surface area contributed by atoms with Crippen LogP contribution in [-0.4, -0.2) is 33.7 Å². The normalized spacial score (nSPS) is 13.5. The van der Waals surface area contributed by atoms with E-state index in [1.807, 2.05) is 55.1 Å². The van der Waals surface area contributed by atoms with Crippen LogP contribution in [0.3, 0.4) is 0 Å². The summed E-state index contributed by atoms with van der Waals surface area (Å²) in [7, 11) is -3.41.